The first-order valence-corrected chi connectivity index (χ1v) is 6.26. The topological polar surface area (TPSA) is 47.0 Å². The molecule has 21 heavy (non-hydrogen) atoms. The van der Waals surface area contributed by atoms with Gasteiger partial charge in [0.05, 0.1) is 18.4 Å². The summed E-state index contributed by atoms with van der Waals surface area (Å²) in [6, 6.07) is 3.34. The van der Waals surface area contributed by atoms with Crippen molar-refractivity contribution in [3.05, 3.63) is 40.3 Å². The molecule has 0 radical (unpaired) electrons. The summed E-state index contributed by atoms with van der Waals surface area (Å²) in [4.78, 5) is 7.50. The maximum absolute atomic E-state index is 13.0. The van der Waals surface area contributed by atoms with Crippen molar-refractivity contribution in [3.8, 4) is 5.75 Å². The van der Waals surface area contributed by atoms with Crippen molar-refractivity contribution in [2.75, 3.05) is 12.4 Å². The summed E-state index contributed by atoms with van der Waals surface area (Å²) in [7, 11) is 1.31. The molecule has 1 N–H and O–H groups in total. The molecule has 0 atom stereocenters. The van der Waals surface area contributed by atoms with E-state index in [4.69, 9.17) is 27.9 Å². The molecule has 1 aromatic heterocycles. The third kappa shape index (κ3) is 3.48. The lowest BCUT2D eigenvalue weighted by Crippen LogP contribution is -2.10. The molecular formula is C12H8Cl2F3N3O. The summed E-state index contributed by atoms with van der Waals surface area (Å²) in [5.74, 6) is 0.0626. The van der Waals surface area contributed by atoms with Crippen LogP contribution in [0.25, 0.3) is 0 Å². The van der Waals surface area contributed by atoms with Crippen LogP contribution in [0.3, 0.4) is 0 Å². The van der Waals surface area contributed by atoms with E-state index in [1.54, 1.807) is 0 Å². The molecule has 2 aromatic rings. The maximum Gasteiger partial charge on any atom is 0.418 e. The molecule has 0 aliphatic rings. The number of methoxy groups -OCH3 is 1. The van der Waals surface area contributed by atoms with E-state index >= 15 is 0 Å². The van der Waals surface area contributed by atoms with Crippen LogP contribution < -0.4 is 10.1 Å². The lowest BCUT2D eigenvalue weighted by Gasteiger charge is -2.16. The highest BCUT2D eigenvalue weighted by atomic mass is 35.5. The fourth-order valence-electron chi connectivity index (χ4n) is 1.61. The summed E-state index contributed by atoms with van der Waals surface area (Å²) in [6.07, 6.45) is -3.46. The quantitative estimate of drug-likeness (QED) is 0.834. The first-order chi connectivity index (χ1) is 9.82. The maximum atomic E-state index is 13.0. The predicted octanol–water partition coefficient (Wildman–Crippen LogP) is 4.55. The molecule has 0 aliphatic heterocycles. The van der Waals surface area contributed by atoms with Gasteiger partial charge in [0.15, 0.2) is 16.7 Å². The minimum atomic E-state index is -4.57. The number of nitrogens with zero attached hydrogens (tertiary/aromatic N) is 2. The largest absolute Gasteiger partial charge is 0.490 e. The second kappa shape index (κ2) is 5.95. The Morgan fingerprint density at radius 1 is 1.19 bits per heavy atom. The van der Waals surface area contributed by atoms with E-state index in [9.17, 15) is 13.2 Å². The monoisotopic (exact) mass is 337 g/mol. The summed E-state index contributed by atoms with van der Waals surface area (Å²) >= 11 is 11.4. The van der Waals surface area contributed by atoms with E-state index in [2.05, 4.69) is 15.3 Å². The zero-order chi connectivity index (χ0) is 15.6. The number of alkyl halides is 3. The number of hydrogen-bond donors (Lipinski definition) is 1. The van der Waals surface area contributed by atoms with E-state index < -0.39 is 11.7 Å². The first-order valence-electron chi connectivity index (χ1n) is 5.51. The molecule has 0 bridgehead atoms. The molecule has 0 fully saturated rings. The summed E-state index contributed by atoms with van der Waals surface area (Å²) < 4.78 is 44.0. The van der Waals surface area contributed by atoms with Gasteiger partial charge >= 0.3 is 6.18 Å². The van der Waals surface area contributed by atoms with Crippen LogP contribution in [0.2, 0.25) is 10.2 Å². The third-order valence-electron chi connectivity index (χ3n) is 2.50. The van der Waals surface area contributed by atoms with Gasteiger partial charge in [-0.15, -0.1) is 0 Å². The van der Waals surface area contributed by atoms with Crippen LogP contribution in [0.5, 0.6) is 5.75 Å². The molecule has 112 valence electrons. The molecule has 1 heterocycles. The van der Waals surface area contributed by atoms with Crippen LogP contribution >= 0.6 is 23.2 Å². The number of anilines is 2. The van der Waals surface area contributed by atoms with Gasteiger partial charge in [0.25, 0.3) is 0 Å². The Morgan fingerprint density at radius 2 is 1.90 bits per heavy atom. The molecule has 0 unspecified atom stereocenters. The number of nitrogens with one attached hydrogen (secondary N) is 1. The standard InChI is InChI=1S/C12H8Cl2F3N3O/c1-21-9-10(14)18-5-19-11(9)20-8-3-2-6(13)4-7(8)12(15,16)17/h2-5H,1H3,(H,18,19,20). The van der Waals surface area contributed by atoms with Gasteiger partial charge in [-0.3, -0.25) is 0 Å². The van der Waals surface area contributed by atoms with Crippen molar-refractivity contribution in [2.45, 2.75) is 6.18 Å². The Morgan fingerprint density at radius 3 is 2.52 bits per heavy atom. The molecule has 0 amide bonds. The van der Waals surface area contributed by atoms with Gasteiger partial charge in [0.2, 0.25) is 0 Å². The molecule has 0 saturated carbocycles. The van der Waals surface area contributed by atoms with Crippen LogP contribution in [0.15, 0.2) is 24.5 Å². The Bertz CT molecular complexity index is 665. The van der Waals surface area contributed by atoms with Crippen molar-refractivity contribution >= 4 is 34.7 Å². The highest BCUT2D eigenvalue weighted by Crippen LogP contribution is 2.39. The SMILES string of the molecule is COc1c(Cl)ncnc1Nc1ccc(Cl)cc1C(F)(F)F. The number of benzene rings is 1. The Balaban J connectivity index is 2.48. The van der Waals surface area contributed by atoms with Crippen molar-refractivity contribution in [1.82, 2.24) is 9.97 Å². The summed E-state index contributed by atoms with van der Waals surface area (Å²) in [5, 5.41) is 2.48. The number of rotatable bonds is 3. The highest BCUT2D eigenvalue weighted by Gasteiger charge is 2.34. The number of hydrogen-bond acceptors (Lipinski definition) is 4. The molecule has 0 spiro atoms. The van der Waals surface area contributed by atoms with Crippen LogP contribution in [0.4, 0.5) is 24.7 Å². The molecular weight excluding hydrogens is 330 g/mol. The van der Waals surface area contributed by atoms with Gasteiger partial charge < -0.3 is 10.1 Å². The fourth-order valence-corrected chi connectivity index (χ4v) is 1.99. The van der Waals surface area contributed by atoms with Crippen molar-refractivity contribution in [1.29, 1.82) is 0 Å². The minimum Gasteiger partial charge on any atom is -0.490 e. The molecule has 0 aliphatic carbocycles. The zero-order valence-electron chi connectivity index (χ0n) is 10.5. The predicted molar refractivity (Wildman–Crippen MR) is 73.3 cm³/mol. The first kappa shape index (κ1) is 15.7. The van der Waals surface area contributed by atoms with E-state index in [1.165, 1.54) is 19.2 Å². The van der Waals surface area contributed by atoms with Gasteiger partial charge in [0.1, 0.15) is 6.33 Å². The second-order valence-electron chi connectivity index (χ2n) is 3.86. The third-order valence-corrected chi connectivity index (χ3v) is 3.01. The van der Waals surface area contributed by atoms with Crippen molar-refractivity contribution in [2.24, 2.45) is 0 Å². The minimum absolute atomic E-state index is 0.0162. The Kier molecular flexibility index (Phi) is 4.43. The van der Waals surface area contributed by atoms with E-state index in [0.29, 0.717) is 0 Å². The van der Waals surface area contributed by atoms with Gasteiger partial charge in [-0.2, -0.15) is 13.2 Å². The lowest BCUT2D eigenvalue weighted by molar-refractivity contribution is -0.136. The number of halogens is 5. The van der Waals surface area contributed by atoms with E-state index in [0.717, 1.165) is 12.4 Å². The van der Waals surface area contributed by atoms with Gasteiger partial charge in [0, 0.05) is 5.02 Å². The van der Waals surface area contributed by atoms with E-state index in [1.807, 2.05) is 0 Å². The average Bonchev–Trinajstić information content (AvgIpc) is 2.40. The van der Waals surface area contributed by atoms with Crippen molar-refractivity contribution < 1.29 is 17.9 Å². The average molecular weight is 338 g/mol. The Hall–Kier alpha value is -1.73. The van der Waals surface area contributed by atoms with E-state index in [-0.39, 0.29) is 27.4 Å². The van der Waals surface area contributed by atoms with Gasteiger partial charge in [-0.25, -0.2) is 9.97 Å². The molecule has 1 aromatic carbocycles. The zero-order valence-corrected chi connectivity index (χ0v) is 12.0. The Labute approximate surface area is 127 Å². The number of aromatic nitrogens is 2. The smallest absolute Gasteiger partial charge is 0.418 e. The summed E-state index contributed by atoms with van der Waals surface area (Å²) in [5.41, 5.74) is -1.15. The molecule has 0 saturated heterocycles. The highest BCUT2D eigenvalue weighted by molar-refractivity contribution is 6.31. The molecule has 2 rings (SSSR count). The number of ether oxygens (including phenoxy) is 1. The van der Waals surface area contributed by atoms with Gasteiger partial charge in [-0.05, 0) is 18.2 Å². The van der Waals surface area contributed by atoms with Crippen LogP contribution in [0, 0.1) is 0 Å². The molecule has 4 nitrogen and oxygen atoms in total. The van der Waals surface area contributed by atoms with Gasteiger partial charge in [-0.1, -0.05) is 23.2 Å². The van der Waals surface area contributed by atoms with Crippen molar-refractivity contribution in [3.63, 3.8) is 0 Å². The fraction of sp³-hybridized carbons (Fsp3) is 0.167. The normalized spacial score (nSPS) is 11.3. The van der Waals surface area contributed by atoms with Crippen LogP contribution in [-0.4, -0.2) is 17.1 Å². The summed E-state index contributed by atoms with van der Waals surface area (Å²) in [6.45, 7) is 0. The molecule has 9 heteroatoms. The second-order valence-corrected chi connectivity index (χ2v) is 4.65. The van der Waals surface area contributed by atoms with Crippen LogP contribution in [-0.2, 0) is 6.18 Å². The van der Waals surface area contributed by atoms with Crippen LogP contribution in [0.1, 0.15) is 5.56 Å². The lowest BCUT2D eigenvalue weighted by atomic mass is 10.1.